The van der Waals surface area contributed by atoms with E-state index in [0.717, 1.165) is 31.6 Å². The number of aromatic hydroxyl groups is 1. The van der Waals surface area contributed by atoms with Crippen molar-refractivity contribution in [1.29, 1.82) is 0 Å². The molecule has 2 rings (SSSR count). The highest BCUT2D eigenvalue weighted by Gasteiger charge is 2.19. The predicted molar refractivity (Wildman–Crippen MR) is 105 cm³/mol. The molecule has 15 heteroatoms. The average Bonchev–Trinajstić information content (AvgIpc) is 2.73. The fourth-order valence-electron chi connectivity index (χ4n) is 2.19. The van der Waals surface area contributed by atoms with E-state index in [0.29, 0.717) is 6.07 Å². The number of methoxy groups -OCH3 is 1. The van der Waals surface area contributed by atoms with Crippen LogP contribution in [0.3, 0.4) is 0 Å². The molecule has 1 aromatic carbocycles. The van der Waals surface area contributed by atoms with Gasteiger partial charge in [0.25, 0.3) is 5.69 Å². The van der Waals surface area contributed by atoms with Crippen LogP contribution in [-0.2, 0) is 11.2 Å². The zero-order valence-corrected chi connectivity index (χ0v) is 15.6. The first-order valence-corrected chi connectivity index (χ1v) is 8.15. The second-order valence-electron chi connectivity index (χ2n) is 5.64. The molecule has 0 fully saturated rings. The summed E-state index contributed by atoms with van der Waals surface area (Å²) in [5.41, 5.74) is 1.57. The predicted octanol–water partition coefficient (Wildman–Crippen LogP) is 1.30. The number of hydrogen-bond acceptors (Lipinski definition) is 13. The largest absolute Gasteiger partial charge is 0.769 e. The lowest BCUT2D eigenvalue weighted by atomic mass is 10.2. The van der Waals surface area contributed by atoms with E-state index in [2.05, 4.69) is 15.5 Å². The fourth-order valence-corrected chi connectivity index (χ4v) is 2.19. The first-order chi connectivity index (χ1) is 14.6. The smallest absolute Gasteiger partial charge is 0.425 e. The van der Waals surface area contributed by atoms with Gasteiger partial charge in [0.15, 0.2) is 5.76 Å². The summed E-state index contributed by atoms with van der Waals surface area (Å²) >= 11 is 0. The van der Waals surface area contributed by atoms with Gasteiger partial charge < -0.3 is 40.3 Å². The molecule has 0 spiro atoms. The Kier molecular flexibility index (Phi) is 7.21. The summed E-state index contributed by atoms with van der Waals surface area (Å²) in [5.74, 6) is -1.89. The van der Waals surface area contributed by atoms with Gasteiger partial charge in [0, 0.05) is 17.8 Å². The van der Waals surface area contributed by atoms with Crippen LogP contribution in [-0.4, -0.2) is 28.3 Å². The number of benzene rings is 1. The van der Waals surface area contributed by atoms with Crippen LogP contribution in [0.2, 0.25) is 0 Å². The molecule has 0 aliphatic rings. The van der Waals surface area contributed by atoms with Gasteiger partial charge in [-0.15, -0.1) is 0 Å². The van der Waals surface area contributed by atoms with Crippen LogP contribution in [0, 0.1) is 20.5 Å². The topological polar surface area (TPSA) is 226 Å². The second kappa shape index (κ2) is 9.81. The summed E-state index contributed by atoms with van der Waals surface area (Å²) in [4.78, 5) is 33.2. The molecule has 1 amide bonds. The number of rotatable bonds is 8. The fraction of sp³-hybridized carbons (Fsp3) is 0.125. The van der Waals surface area contributed by atoms with Gasteiger partial charge in [-0.3, -0.25) is 20.3 Å². The summed E-state index contributed by atoms with van der Waals surface area (Å²) in [6.07, 6.45) is -0.495. The molecule has 31 heavy (non-hydrogen) atoms. The van der Waals surface area contributed by atoms with E-state index in [1.807, 2.05) is 5.43 Å². The molecule has 0 aliphatic carbocycles. The molecule has 0 saturated carbocycles. The maximum Gasteiger partial charge on any atom is 0.425 e. The van der Waals surface area contributed by atoms with Crippen molar-refractivity contribution >= 4 is 23.2 Å². The molecule has 2 aromatic rings. The number of amides is 1. The first-order valence-electron chi connectivity index (χ1n) is 8.15. The average molecular weight is 437 g/mol. The number of allylic oxidation sites excluding steroid dienone is 1. The Bertz CT molecular complexity index is 1060. The molecule has 1 aromatic heterocycles. The van der Waals surface area contributed by atoms with Crippen LogP contribution < -0.4 is 26.8 Å². The maximum atomic E-state index is 11.6. The van der Waals surface area contributed by atoms with Gasteiger partial charge in [0.2, 0.25) is 17.1 Å². The van der Waals surface area contributed by atoms with E-state index in [-0.39, 0.29) is 17.1 Å². The minimum atomic E-state index is -0.981. The maximum absolute atomic E-state index is 11.6. The number of nitrogens with zero attached hydrogens (tertiary/aromatic N) is 2. The number of carbonyl (C=O) groups is 1. The summed E-state index contributed by atoms with van der Waals surface area (Å²) in [5, 5.41) is 54.6. The second-order valence-corrected chi connectivity index (χ2v) is 5.64. The molecule has 166 valence electrons. The van der Waals surface area contributed by atoms with Crippen LogP contribution in [0.15, 0.2) is 51.3 Å². The summed E-state index contributed by atoms with van der Waals surface area (Å²) < 4.78 is 9.38. The van der Waals surface area contributed by atoms with Gasteiger partial charge in [0.1, 0.15) is 5.69 Å². The highest BCUT2D eigenvalue weighted by molar-refractivity contribution is 5.70. The standard InChI is InChI=1S/C16H15N5O10/c1-30-16(25)19-18-10(7-13-14(23)12(22)4-5-31-13)15(24)17-9-3-2-8(20(26)27)6-11(9)21(28)29/h2-6,17-18,23-24H,7H2,1H3,(H,19,25)/q-2. The molecule has 0 bridgehead atoms. The van der Waals surface area contributed by atoms with E-state index in [9.17, 15) is 40.3 Å². The Balaban J connectivity index is 2.44. The van der Waals surface area contributed by atoms with Gasteiger partial charge in [-0.1, -0.05) is 0 Å². The number of aliphatic hydroxyl groups is 1. The minimum Gasteiger partial charge on any atom is -0.769 e. The number of aliphatic hydroxyl groups excluding tert-OH is 1. The molecule has 0 atom stereocenters. The Morgan fingerprint density at radius 2 is 2.00 bits per heavy atom. The molecular weight excluding hydrogens is 422 g/mol. The van der Waals surface area contributed by atoms with E-state index in [1.165, 1.54) is 0 Å². The molecular formula is C16H15N5O10-2. The van der Waals surface area contributed by atoms with Gasteiger partial charge in [-0.05, 0) is 12.1 Å². The normalized spacial score (nSPS) is 11.2. The Morgan fingerprint density at radius 1 is 1.29 bits per heavy atom. The van der Waals surface area contributed by atoms with E-state index >= 15 is 0 Å². The van der Waals surface area contributed by atoms with Gasteiger partial charge in [0.05, 0.1) is 30.4 Å². The molecule has 0 aliphatic heterocycles. The van der Waals surface area contributed by atoms with Crippen LogP contribution in [0.25, 0.3) is 0 Å². The van der Waals surface area contributed by atoms with Crippen molar-refractivity contribution in [3.63, 3.8) is 0 Å². The summed E-state index contributed by atoms with van der Waals surface area (Å²) in [7, 11) is 1.06. The monoisotopic (exact) mass is 437 g/mol. The highest BCUT2D eigenvalue weighted by Crippen LogP contribution is 2.30. The number of nitro benzene ring substituents is 1. The minimum absolute atomic E-state index is 0.312. The van der Waals surface area contributed by atoms with Crippen LogP contribution in [0.4, 0.5) is 21.9 Å². The zero-order valence-electron chi connectivity index (χ0n) is 15.6. The number of hydrogen-bond donors (Lipinski definition) is 5. The van der Waals surface area contributed by atoms with Crippen molar-refractivity contribution in [3.05, 3.63) is 78.6 Å². The van der Waals surface area contributed by atoms with Crippen molar-refractivity contribution in [3.8, 4) is 5.75 Å². The van der Waals surface area contributed by atoms with Crippen LogP contribution >= 0.6 is 0 Å². The van der Waals surface area contributed by atoms with Gasteiger partial charge in [-0.2, -0.15) is 0 Å². The van der Waals surface area contributed by atoms with Crippen molar-refractivity contribution in [2.75, 3.05) is 17.7 Å². The lowest BCUT2D eigenvalue weighted by Gasteiger charge is -2.37. The third-order valence-corrected chi connectivity index (χ3v) is 3.69. The number of nitrogens with one attached hydrogen (secondary N) is 3. The first kappa shape index (κ1) is 22.8. The molecule has 0 unspecified atom stereocenters. The highest BCUT2D eigenvalue weighted by atomic mass is 16.8. The molecule has 1 heterocycles. The Hall–Kier alpha value is -4.50. The number of ether oxygens (including phenoxy) is 1. The Labute approximate surface area is 172 Å². The number of nitro groups is 1. The summed E-state index contributed by atoms with van der Waals surface area (Å²) in [6.45, 7) is 0. The Morgan fingerprint density at radius 3 is 2.61 bits per heavy atom. The van der Waals surface area contributed by atoms with Gasteiger partial charge in [-0.25, -0.2) is 10.2 Å². The van der Waals surface area contributed by atoms with Gasteiger partial charge >= 0.3 is 6.09 Å². The zero-order chi connectivity index (χ0) is 23.1. The van der Waals surface area contributed by atoms with Crippen LogP contribution in [0.1, 0.15) is 5.76 Å². The quantitative estimate of drug-likeness (QED) is 0.223. The van der Waals surface area contributed by atoms with Crippen molar-refractivity contribution in [1.82, 2.24) is 10.9 Å². The number of carbonyl (C=O) groups excluding carboxylic acids is 1. The van der Waals surface area contributed by atoms with Crippen LogP contribution in [0.5, 0.6) is 5.75 Å². The lowest BCUT2D eigenvalue weighted by molar-refractivity contribution is -0.383. The third kappa shape index (κ3) is 5.75. The molecule has 0 radical (unpaired) electrons. The number of anilines is 2. The van der Waals surface area contributed by atoms with Crippen molar-refractivity contribution in [2.24, 2.45) is 0 Å². The molecule has 15 nitrogen and oxygen atoms in total. The van der Waals surface area contributed by atoms with Crippen molar-refractivity contribution in [2.45, 2.75) is 6.42 Å². The number of hydrazine groups is 1. The molecule has 5 N–H and O–H groups in total. The van der Waals surface area contributed by atoms with E-state index in [4.69, 9.17) is 4.42 Å². The SMILES string of the molecule is COC(=O)NNC(Cc1occc(=O)c1O)=C(O)Nc1ccc(N([O-])[O-])cc1[N+](=O)[O-]. The van der Waals surface area contributed by atoms with Crippen molar-refractivity contribution < 1.29 is 29.1 Å². The van der Waals surface area contributed by atoms with E-state index < -0.39 is 51.1 Å². The lowest BCUT2D eigenvalue weighted by Crippen LogP contribution is -2.38. The third-order valence-electron chi connectivity index (χ3n) is 3.69. The molecule has 0 saturated heterocycles. The summed E-state index contributed by atoms with van der Waals surface area (Å²) in [6, 6.07) is 3.57. The van der Waals surface area contributed by atoms with E-state index in [1.54, 1.807) is 0 Å².